The number of aliphatic carboxylic acids is 1. The van der Waals surface area contributed by atoms with Crippen LogP contribution < -0.4 is 4.90 Å². The Kier molecular flexibility index (Phi) is 8.01. The van der Waals surface area contributed by atoms with Gasteiger partial charge in [0.1, 0.15) is 6.26 Å². The molecule has 1 N–H and O–H groups in total. The van der Waals surface area contributed by atoms with Crippen molar-refractivity contribution in [2.75, 3.05) is 24.5 Å². The number of rotatable bonds is 7. The Balaban J connectivity index is 1.60. The maximum atomic E-state index is 12.7. The quantitative estimate of drug-likeness (QED) is 0.351. The zero-order valence-corrected chi connectivity index (χ0v) is 25.6. The number of fused-ring (bicyclic) bond motifs is 1. The van der Waals surface area contributed by atoms with E-state index in [2.05, 4.69) is 46.8 Å². The highest BCUT2D eigenvalue weighted by atomic mass is 16.5. The third kappa shape index (κ3) is 6.49. The summed E-state index contributed by atoms with van der Waals surface area (Å²) in [5.74, 6) is -0.256. The molecule has 1 saturated heterocycles. The Hall–Kier alpha value is -3.23. The highest BCUT2D eigenvalue weighted by Crippen LogP contribution is 2.45. The lowest BCUT2D eigenvalue weighted by Crippen LogP contribution is -2.39. The van der Waals surface area contributed by atoms with Crippen LogP contribution in [0.3, 0.4) is 0 Å². The molecule has 4 heterocycles. The second-order valence-electron chi connectivity index (χ2n) is 13.4. The predicted octanol–water partition coefficient (Wildman–Crippen LogP) is 6.48. The standard InChI is InChI=1S/C33H44N4O4/c1-21-27(24-8-9-25-19-36(14-10-23(25)18-24)20-26-34-13-17-40-26)29(37-15-11-33(6,7)12-16-37)28(22(2)35-21)30(31(38)39)41-32(3,4)5/h8-9,13,17-18,30H,10-12,14-16,19-20H2,1-7H3,(H,38,39). The second kappa shape index (κ2) is 11.2. The lowest BCUT2D eigenvalue weighted by atomic mass is 9.81. The molecule has 1 aromatic carbocycles. The van der Waals surface area contributed by atoms with Gasteiger partial charge in [-0.05, 0) is 76.0 Å². The molecule has 1 atom stereocenters. The lowest BCUT2D eigenvalue weighted by Gasteiger charge is -2.41. The van der Waals surface area contributed by atoms with Crippen molar-refractivity contribution in [1.29, 1.82) is 0 Å². The summed E-state index contributed by atoms with van der Waals surface area (Å²) >= 11 is 0. The van der Waals surface area contributed by atoms with E-state index in [1.165, 1.54) is 11.1 Å². The molecule has 0 aliphatic carbocycles. The first-order valence-electron chi connectivity index (χ1n) is 14.7. The lowest BCUT2D eigenvalue weighted by molar-refractivity contribution is -0.160. The third-order valence-corrected chi connectivity index (χ3v) is 8.40. The predicted molar refractivity (Wildman–Crippen MR) is 160 cm³/mol. The first-order chi connectivity index (χ1) is 19.3. The van der Waals surface area contributed by atoms with Crippen molar-refractivity contribution in [2.24, 2.45) is 5.41 Å². The molecule has 8 nitrogen and oxygen atoms in total. The minimum atomic E-state index is -1.12. The van der Waals surface area contributed by atoms with E-state index in [0.29, 0.717) is 17.8 Å². The Bertz CT molecular complexity index is 1400. The number of piperidine rings is 1. The van der Waals surface area contributed by atoms with E-state index in [4.69, 9.17) is 14.1 Å². The van der Waals surface area contributed by atoms with Gasteiger partial charge in [-0.1, -0.05) is 32.0 Å². The first-order valence-corrected chi connectivity index (χ1v) is 14.7. The summed E-state index contributed by atoms with van der Waals surface area (Å²) in [4.78, 5) is 26.7. The maximum Gasteiger partial charge on any atom is 0.337 e. The number of aromatic nitrogens is 2. The van der Waals surface area contributed by atoms with Crippen molar-refractivity contribution in [3.05, 3.63) is 64.6 Å². The van der Waals surface area contributed by atoms with Crippen LogP contribution in [0, 0.1) is 19.3 Å². The van der Waals surface area contributed by atoms with Crippen LogP contribution in [-0.4, -0.2) is 51.2 Å². The SMILES string of the molecule is Cc1nc(C)c(C(OC(C)(C)C)C(=O)O)c(N2CCC(C)(C)CC2)c1-c1ccc2c(c1)CCN(Cc1ncco1)C2. The summed E-state index contributed by atoms with van der Waals surface area (Å²) in [6.45, 7) is 18.5. The molecule has 2 aromatic heterocycles. The van der Waals surface area contributed by atoms with Crippen molar-refractivity contribution >= 4 is 11.7 Å². The Morgan fingerprint density at radius 3 is 2.49 bits per heavy atom. The first kappa shape index (κ1) is 29.3. The molecule has 8 heteroatoms. The van der Waals surface area contributed by atoms with Gasteiger partial charge >= 0.3 is 5.97 Å². The molecular weight excluding hydrogens is 516 g/mol. The Morgan fingerprint density at radius 2 is 1.85 bits per heavy atom. The topological polar surface area (TPSA) is 91.9 Å². The summed E-state index contributed by atoms with van der Waals surface area (Å²) in [6, 6.07) is 6.68. The average Bonchev–Trinajstić information content (AvgIpc) is 3.39. The van der Waals surface area contributed by atoms with Crippen LogP contribution in [-0.2, 0) is 29.0 Å². The van der Waals surface area contributed by atoms with Gasteiger partial charge in [0.15, 0.2) is 6.10 Å². The van der Waals surface area contributed by atoms with Gasteiger partial charge in [-0.3, -0.25) is 9.88 Å². The van der Waals surface area contributed by atoms with E-state index in [1.54, 1.807) is 12.5 Å². The molecule has 220 valence electrons. The van der Waals surface area contributed by atoms with Crippen LogP contribution in [0.1, 0.15) is 87.5 Å². The summed E-state index contributed by atoms with van der Waals surface area (Å²) < 4.78 is 11.7. The normalized spacial score (nSPS) is 18.3. The van der Waals surface area contributed by atoms with Crippen LogP contribution >= 0.6 is 0 Å². The second-order valence-corrected chi connectivity index (χ2v) is 13.4. The minimum Gasteiger partial charge on any atom is -0.479 e. The van der Waals surface area contributed by atoms with E-state index in [-0.39, 0.29) is 5.41 Å². The highest BCUT2D eigenvalue weighted by molar-refractivity contribution is 5.88. The van der Waals surface area contributed by atoms with Gasteiger partial charge in [0, 0.05) is 48.7 Å². The number of carboxylic acids is 1. The molecular formula is C33H44N4O4. The number of hydrogen-bond donors (Lipinski definition) is 1. The van der Waals surface area contributed by atoms with Gasteiger partial charge in [-0.15, -0.1) is 0 Å². The van der Waals surface area contributed by atoms with Crippen molar-refractivity contribution in [3.63, 3.8) is 0 Å². The van der Waals surface area contributed by atoms with Crippen LogP contribution in [0.25, 0.3) is 11.1 Å². The number of nitrogens with zero attached hydrogens (tertiary/aromatic N) is 4. The van der Waals surface area contributed by atoms with E-state index in [9.17, 15) is 9.90 Å². The van der Waals surface area contributed by atoms with Crippen molar-refractivity contribution < 1.29 is 19.1 Å². The van der Waals surface area contributed by atoms with E-state index >= 15 is 0 Å². The fourth-order valence-corrected chi connectivity index (χ4v) is 6.18. The Morgan fingerprint density at radius 1 is 1.12 bits per heavy atom. The number of carbonyl (C=O) groups is 1. The highest BCUT2D eigenvalue weighted by Gasteiger charge is 2.36. The van der Waals surface area contributed by atoms with Crippen LogP contribution in [0.4, 0.5) is 5.69 Å². The van der Waals surface area contributed by atoms with E-state index < -0.39 is 17.7 Å². The zero-order chi connectivity index (χ0) is 29.5. The molecule has 3 aromatic rings. The smallest absolute Gasteiger partial charge is 0.337 e. The Labute approximate surface area is 243 Å². The average molecular weight is 561 g/mol. The monoisotopic (exact) mass is 560 g/mol. The molecule has 2 aliphatic heterocycles. The zero-order valence-electron chi connectivity index (χ0n) is 25.6. The van der Waals surface area contributed by atoms with E-state index in [0.717, 1.165) is 73.8 Å². The van der Waals surface area contributed by atoms with Crippen LogP contribution in [0.2, 0.25) is 0 Å². The number of anilines is 1. The van der Waals surface area contributed by atoms with Crippen molar-refractivity contribution in [2.45, 2.75) is 92.5 Å². The van der Waals surface area contributed by atoms with E-state index in [1.807, 2.05) is 34.6 Å². The molecule has 0 radical (unpaired) electrons. The number of ether oxygens (including phenoxy) is 1. The molecule has 0 saturated carbocycles. The van der Waals surface area contributed by atoms with Crippen LogP contribution in [0.15, 0.2) is 35.1 Å². The van der Waals surface area contributed by atoms with Crippen LogP contribution in [0.5, 0.6) is 0 Å². The fourth-order valence-electron chi connectivity index (χ4n) is 6.18. The molecule has 0 bridgehead atoms. The molecule has 5 rings (SSSR count). The minimum absolute atomic E-state index is 0.255. The molecule has 1 unspecified atom stereocenters. The van der Waals surface area contributed by atoms with Crippen molar-refractivity contribution in [1.82, 2.24) is 14.9 Å². The largest absolute Gasteiger partial charge is 0.479 e. The summed E-state index contributed by atoms with van der Waals surface area (Å²) in [7, 11) is 0. The van der Waals surface area contributed by atoms with Gasteiger partial charge in [0.25, 0.3) is 0 Å². The molecule has 0 amide bonds. The maximum absolute atomic E-state index is 12.7. The summed E-state index contributed by atoms with van der Waals surface area (Å²) in [6.07, 6.45) is 5.19. The number of oxazole rings is 1. The number of pyridine rings is 1. The molecule has 0 spiro atoms. The van der Waals surface area contributed by atoms with Gasteiger partial charge in [0.05, 0.1) is 24.0 Å². The molecule has 2 aliphatic rings. The van der Waals surface area contributed by atoms with Gasteiger partial charge < -0.3 is 19.2 Å². The van der Waals surface area contributed by atoms with Gasteiger partial charge in [-0.25, -0.2) is 9.78 Å². The third-order valence-electron chi connectivity index (χ3n) is 8.40. The molecule has 1 fully saturated rings. The summed E-state index contributed by atoms with van der Waals surface area (Å²) in [5, 5.41) is 10.4. The number of aryl methyl sites for hydroxylation is 2. The molecule has 41 heavy (non-hydrogen) atoms. The van der Waals surface area contributed by atoms with Gasteiger partial charge in [0.2, 0.25) is 5.89 Å². The fraction of sp³-hybridized carbons (Fsp3) is 0.545. The number of carboxylic acid groups (broad SMARTS) is 1. The number of benzene rings is 1. The van der Waals surface area contributed by atoms with Gasteiger partial charge in [-0.2, -0.15) is 0 Å². The summed E-state index contributed by atoms with van der Waals surface area (Å²) in [5.41, 5.74) is 7.58. The van der Waals surface area contributed by atoms with Crippen molar-refractivity contribution in [3.8, 4) is 11.1 Å². The number of hydrogen-bond acceptors (Lipinski definition) is 7.